The Labute approximate surface area is 85.5 Å². The molecule has 0 saturated carbocycles. The number of aliphatic carboxylic acids is 1. The number of halogens is 1. The third-order valence-electron chi connectivity index (χ3n) is 1.67. The molecule has 0 aromatic heterocycles. The van der Waals surface area contributed by atoms with Gasteiger partial charge in [0.15, 0.2) is 0 Å². The zero-order chi connectivity index (χ0) is 11.3. The van der Waals surface area contributed by atoms with Crippen LogP contribution in [-0.2, 0) is 16.1 Å². The molecule has 0 aliphatic carbocycles. The second kappa shape index (κ2) is 5.08. The molecule has 1 N–H and O–H groups in total. The fraction of sp³-hybridized carbons (Fsp3) is 0.200. The molecule has 0 bridgehead atoms. The number of hydrogen-bond donors (Lipinski definition) is 1. The second-order valence-electron chi connectivity index (χ2n) is 2.80. The maximum Gasteiger partial charge on any atom is 0.329 e. The van der Waals surface area contributed by atoms with Crippen LogP contribution in [0.5, 0.6) is 0 Å². The average molecular weight is 209 g/mol. The molecule has 0 spiro atoms. The highest BCUT2D eigenvalue weighted by atomic mass is 19.1. The zero-order valence-electron chi connectivity index (χ0n) is 7.74. The van der Waals surface area contributed by atoms with Crippen LogP contribution in [0, 0.1) is 17.1 Å². The van der Waals surface area contributed by atoms with E-state index in [-0.39, 0.29) is 12.2 Å². The van der Waals surface area contributed by atoms with Crippen molar-refractivity contribution in [2.24, 2.45) is 0 Å². The van der Waals surface area contributed by atoms with E-state index in [1.807, 2.05) is 6.07 Å². The van der Waals surface area contributed by atoms with Crippen LogP contribution in [0.25, 0.3) is 0 Å². The third-order valence-corrected chi connectivity index (χ3v) is 1.67. The lowest BCUT2D eigenvalue weighted by Gasteiger charge is -2.03. The van der Waals surface area contributed by atoms with Crippen molar-refractivity contribution >= 4 is 5.97 Å². The number of carbonyl (C=O) groups is 1. The van der Waals surface area contributed by atoms with Crippen LogP contribution in [0.4, 0.5) is 4.39 Å². The molecule has 4 nitrogen and oxygen atoms in total. The van der Waals surface area contributed by atoms with Crippen molar-refractivity contribution in [1.82, 2.24) is 0 Å². The minimum atomic E-state index is -1.11. The van der Waals surface area contributed by atoms with E-state index in [1.54, 1.807) is 0 Å². The highest BCUT2D eigenvalue weighted by molar-refractivity contribution is 5.68. The van der Waals surface area contributed by atoms with Gasteiger partial charge in [0, 0.05) is 0 Å². The van der Waals surface area contributed by atoms with E-state index in [4.69, 9.17) is 15.1 Å². The van der Waals surface area contributed by atoms with Gasteiger partial charge in [0.2, 0.25) is 0 Å². The van der Waals surface area contributed by atoms with Crippen LogP contribution in [0.2, 0.25) is 0 Å². The lowest BCUT2D eigenvalue weighted by atomic mass is 10.1. The predicted molar refractivity (Wildman–Crippen MR) is 48.4 cm³/mol. The van der Waals surface area contributed by atoms with Gasteiger partial charge in [0.25, 0.3) is 0 Å². The van der Waals surface area contributed by atoms with Crippen molar-refractivity contribution < 1.29 is 19.0 Å². The molecule has 5 heteroatoms. The first kappa shape index (κ1) is 11.1. The third kappa shape index (κ3) is 3.37. The Morgan fingerprint density at radius 3 is 2.93 bits per heavy atom. The lowest BCUT2D eigenvalue weighted by Crippen LogP contribution is -2.07. The second-order valence-corrected chi connectivity index (χ2v) is 2.80. The quantitative estimate of drug-likeness (QED) is 0.811. The van der Waals surface area contributed by atoms with Crippen LogP contribution >= 0.6 is 0 Å². The van der Waals surface area contributed by atoms with Gasteiger partial charge in [-0.25, -0.2) is 9.18 Å². The fourth-order valence-corrected chi connectivity index (χ4v) is 1.04. The summed E-state index contributed by atoms with van der Waals surface area (Å²) in [7, 11) is 0. The Hall–Kier alpha value is -1.93. The summed E-state index contributed by atoms with van der Waals surface area (Å²) in [4.78, 5) is 10.1. The van der Waals surface area contributed by atoms with Crippen molar-refractivity contribution in [3.05, 3.63) is 35.1 Å². The lowest BCUT2D eigenvalue weighted by molar-refractivity contribution is -0.142. The van der Waals surface area contributed by atoms with E-state index in [1.165, 1.54) is 12.1 Å². The number of nitriles is 1. The number of carboxylic acids is 1. The van der Waals surface area contributed by atoms with Gasteiger partial charge in [0.1, 0.15) is 12.4 Å². The summed E-state index contributed by atoms with van der Waals surface area (Å²) in [5, 5.41) is 17.0. The maximum atomic E-state index is 12.8. The number of benzene rings is 1. The van der Waals surface area contributed by atoms with Crippen LogP contribution in [0.15, 0.2) is 18.2 Å². The first-order chi connectivity index (χ1) is 7.13. The monoisotopic (exact) mass is 209 g/mol. The first-order valence-electron chi connectivity index (χ1n) is 4.11. The molecule has 0 fully saturated rings. The molecular weight excluding hydrogens is 201 g/mol. The zero-order valence-corrected chi connectivity index (χ0v) is 7.74. The van der Waals surface area contributed by atoms with E-state index in [0.717, 1.165) is 6.07 Å². The maximum absolute atomic E-state index is 12.8. The van der Waals surface area contributed by atoms with Gasteiger partial charge in [0.05, 0.1) is 18.2 Å². The van der Waals surface area contributed by atoms with E-state index in [9.17, 15) is 9.18 Å². The summed E-state index contributed by atoms with van der Waals surface area (Å²) in [6.45, 7) is -0.561. The molecule has 0 amide bonds. The molecule has 1 aromatic carbocycles. The number of nitrogens with zero attached hydrogens (tertiary/aromatic N) is 1. The van der Waals surface area contributed by atoms with Crippen molar-refractivity contribution in [1.29, 1.82) is 5.26 Å². The summed E-state index contributed by atoms with van der Waals surface area (Å²) in [5.74, 6) is -1.59. The molecule has 0 aliphatic rings. The molecule has 0 heterocycles. The molecule has 1 aromatic rings. The van der Waals surface area contributed by atoms with Crippen molar-refractivity contribution in [2.75, 3.05) is 6.61 Å². The Balaban J connectivity index is 2.71. The van der Waals surface area contributed by atoms with Gasteiger partial charge < -0.3 is 9.84 Å². The van der Waals surface area contributed by atoms with Gasteiger partial charge in [-0.3, -0.25) is 0 Å². The Morgan fingerprint density at radius 2 is 2.33 bits per heavy atom. The van der Waals surface area contributed by atoms with Crippen molar-refractivity contribution in [3.63, 3.8) is 0 Å². The van der Waals surface area contributed by atoms with Crippen molar-refractivity contribution in [3.8, 4) is 6.07 Å². The summed E-state index contributed by atoms with van der Waals surface area (Å²) in [6.07, 6.45) is 0. The molecule has 0 saturated heterocycles. The number of hydrogen-bond acceptors (Lipinski definition) is 3. The summed E-state index contributed by atoms with van der Waals surface area (Å²) >= 11 is 0. The molecule has 15 heavy (non-hydrogen) atoms. The molecule has 0 atom stereocenters. The topological polar surface area (TPSA) is 70.3 Å². The van der Waals surface area contributed by atoms with Crippen LogP contribution in [0.1, 0.15) is 11.1 Å². The van der Waals surface area contributed by atoms with Crippen LogP contribution in [0.3, 0.4) is 0 Å². The Morgan fingerprint density at radius 1 is 1.60 bits per heavy atom. The molecule has 0 radical (unpaired) electrons. The molecule has 1 rings (SSSR count). The Bertz CT molecular complexity index is 412. The summed E-state index contributed by atoms with van der Waals surface area (Å²) < 4.78 is 17.5. The van der Waals surface area contributed by atoms with Gasteiger partial charge in [-0.2, -0.15) is 5.26 Å². The van der Waals surface area contributed by atoms with Gasteiger partial charge in [-0.05, 0) is 23.8 Å². The first-order valence-corrected chi connectivity index (χ1v) is 4.11. The molecule has 78 valence electrons. The predicted octanol–water partition coefficient (Wildman–Crippen LogP) is 1.30. The van der Waals surface area contributed by atoms with E-state index in [0.29, 0.717) is 5.56 Å². The normalized spacial score (nSPS) is 9.60. The highest BCUT2D eigenvalue weighted by Crippen LogP contribution is 2.11. The standard InChI is InChI=1S/C10H8FNO3/c11-9-2-1-7(4-12)8(3-9)5-15-6-10(13)14/h1-3H,5-6H2,(H,13,14). The molecule has 0 unspecified atom stereocenters. The van der Waals surface area contributed by atoms with Crippen LogP contribution in [-0.4, -0.2) is 17.7 Å². The van der Waals surface area contributed by atoms with Gasteiger partial charge in [-0.1, -0.05) is 0 Å². The number of ether oxygens (including phenoxy) is 1. The molecule has 0 aliphatic heterocycles. The van der Waals surface area contributed by atoms with Gasteiger partial charge in [-0.15, -0.1) is 0 Å². The minimum absolute atomic E-state index is 0.0903. The number of carboxylic acid groups (broad SMARTS) is 1. The smallest absolute Gasteiger partial charge is 0.329 e. The minimum Gasteiger partial charge on any atom is -0.480 e. The fourth-order valence-electron chi connectivity index (χ4n) is 1.04. The van der Waals surface area contributed by atoms with Gasteiger partial charge >= 0.3 is 5.97 Å². The van der Waals surface area contributed by atoms with E-state index < -0.39 is 18.4 Å². The SMILES string of the molecule is N#Cc1ccc(F)cc1COCC(=O)O. The summed E-state index contributed by atoms with van der Waals surface area (Å²) in [6, 6.07) is 5.51. The average Bonchev–Trinajstić information content (AvgIpc) is 2.17. The summed E-state index contributed by atoms with van der Waals surface area (Å²) in [5.41, 5.74) is 0.625. The molecular formula is C10H8FNO3. The van der Waals surface area contributed by atoms with Crippen molar-refractivity contribution in [2.45, 2.75) is 6.61 Å². The Kier molecular flexibility index (Phi) is 3.77. The van der Waals surface area contributed by atoms with E-state index >= 15 is 0 Å². The number of rotatable bonds is 4. The van der Waals surface area contributed by atoms with E-state index in [2.05, 4.69) is 0 Å². The van der Waals surface area contributed by atoms with Crippen LogP contribution < -0.4 is 0 Å². The highest BCUT2D eigenvalue weighted by Gasteiger charge is 2.05. The largest absolute Gasteiger partial charge is 0.480 e.